The average molecular weight is 549 g/mol. The minimum Gasteiger partial charge on any atom is -0.355 e. The Bertz CT molecular complexity index is 860. The molecule has 160 valence electrons. The molecule has 0 aromatic heterocycles. The zero-order valence-corrected chi connectivity index (χ0v) is 20.9. The molecule has 0 aliphatic rings. The number of sulfonamides is 1. The zero-order chi connectivity index (χ0) is 20.4. The van der Waals surface area contributed by atoms with E-state index in [0.717, 1.165) is 5.56 Å². The first kappa shape index (κ1) is 25.7. The summed E-state index contributed by atoms with van der Waals surface area (Å²) >= 11 is 1.71. The van der Waals surface area contributed by atoms with E-state index in [4.69, 9.17) is 0 Å². The molecule has 29 heavy (non-hydrogen) atoms. The quantitative estimate of drug-likeness (QED) is 0.218. The van der Waals surface area contributed by atoms with Crippen LogP contribution >= 0.6 is 35.7 Å². The van der Waals surface area contributed by atoms with Crippen molar-refractivity contribution in [3.05, 3.63) is 65.7 Å². The highest BCUT2D eigenvalue weighted by molar-refractivity contribution is 14.0. The SMILES string of the molecule is CN=C(NCCS(=O)(=O)NCc1ccccc1)N(C)Cc1ccc(SC)cc1.I. The van der Waals surface area contributed by atoms with Gasteiger partial charge in [-0.2, -0.15) is 0 Å². The molecule has 0 aliphatic heterocycles. The van der Waals surface area contributed by atoms with E-state index in [1.54, 1.807) is 18.8 Å². The molecule has 6 nitrogen and oxygen atoms in total. The molecule has 0 bridgehead atoms. The van der Waals surface area contributed by atoms with Gasteiger partial charge in [0.15, 0.2) is 5.96 Å². The Labute approximate surface area is 195 Å². The van der Waals surface area contributed by atoms with Crippen LogP contribution in [0.4, 0.5) is 0 Å². The molecule has 0 atom stereocenters. The molecule has 0 spiro atoms. The monoisotopic (exact) mass is 548 g/mol. The Hall–Kier alpha value is -1.30. The highest BCUT2D eigenvalue weighted by atomic mass is 127. The third-order valence-corrected chi connectivity index (χ3v) is 6.21. The van der Waals surface area contributed by atoms with Gasteiger partial charge in [0.05, 0.1) is 5.75 Å². The average Bonchev–Trinajstić information content (AvgIpc) is 2.71. The van der Waals surface area contributed by atoms with Gasteiger partial charge in [-0.1, -0.05) is 42.5 Å². The van der Waals surface area contributed by atoms with E-state index in [2.05, 4.69) is 45.6 Å². The summed E-state index contributed by atoms with van der Waals surface area (Å²) in [6.07, 6.45) is 2.05. The maximum absolute atomic E-state index is 12.2. The van der Waals surface area contributed by atoms with Crippen LogP contribution in [-0.2, 0) is 23.1 Å². The fourth-order valence-corrected chi connectivity index (χ4v) is 3.93. The lowest BCUT2D eigenvalue weighted by Crippen LogP contribution is -2.41. The van der Waals surface area contributed by atoms with Gasteiger partial charge in [0.2, 0.25) is 10.0 Å². The Morgan fingerprint density at radius 2 is 1.72 bits per heavy atom. The van der Waals surface area contributed by atoms with E-state index < -0.39 is 10.0 Å². The lowest BCUT2D eigenvalue weighted by Gasteiger charge is -2.22. The van der Waals surface area contributed by atoms with Gasteiger partial charge in [0, 0.05) is 38.6 Å². The summed E-state index contributed by atoms with van der Waals surface area (Å²) in [6.45, 7) is 1.27. The second-order valence-corrected chi connectivity index (χ2v) is 9.11. The molecular formula is C20H29IN4O2S2. The van der Waals surface area contributed by atoms with Crippen LogP contribution in [0.25, 0.3) is 0 Å². The van der Waals surface area contributed by atoms with Crippen molar-refractivity contribution in [2.75, 3.05) is 32.6 Å². The van der Waals surface area contributed by atoms with E-state index >= 15 is 0 Å². The molecule has 0 radical (unpaired) electrons. The van der Waals surface area contributed by atoms with Gasteiger partial charge >= 0.3 is 0 Å². The molecule has 0 aliphatic carbocycles. The minimum atomic E-state index is -3.36. The summed E-state index contributed by atoms with van der Waals surface area (Å²) in [5, 5.41) is 3.12. The molecule has 0 saturated heterocycles. The van der Waals surface area contributed by atoms with E-state index in [9.17, 15) is 8.42 Å². The van der Waals surface area contributed by atoms with Crippen molar-refractivity contribution in [1.82, 2.24) is 14.9 Å². The van der Waals surface area contributed by atoms with Crippen molar-refractivity contribution in [3.63, 3.8) is 0 Å². The summed E-state index contributed by atoms with van der Waals surface area (Å²) in [5.41, 5.74) is 2.10. The number of halogens is 1. The Morgan fingerprint density at radius 1 is 1.07 bits per heavy atom. The van der Waals surface area contributed by atoms with Crippen LogP contribution in [0, 0.1) is 0 Å². The van der Waals surface area contributed by atoms with Crippen molar-refractivity contribution in [2.24, 2.45) is 4.99 Å². The van der Waals surface area contributed by atoms with Gasteiger partial charge in [-0.25, -0.2) is 13.1 Å². The molecule has 0 saturated carbocycles. The van der Waals surface area contributed by atoms with Crippen LogP contribution in [0.2, 0.25) is 0 Å². The third-order valence-electron chi connectivity index (χ3n) is 4.15. The Morgan fingerprint density at radius 3 is 2.31 bits per heavy atom. The van der Waals surface area contributed by atoms with Crippen LogP contribution in [0.15, 0.2) is 64.5 Å². The Kier molecular flexibility index (Phi) is 11.6. The largest absolute Gasteiger partial charge is 0.355 e. The van der Waals surface area contributed by atoms with Crippen molar-refractivity contribution in [3.8, 4) is 0 Å². The number of nitrogens with zero attached hydrogens (tertiary/aromatic N) is 2. The van der Waals surface area contributed by atoms with Crippen molar-refractivity contribution in [1.29, 1.82) is 0 Å². The lowest BCUT2D eigenvalue weighted by atomic mass is 10.2. The molecule has 0 fully saturated rings. The number of hydrogen-bond donors (Lipinski definition) is 2. The molecule has 2 aromatic rings. The summed E-state index contributed by atoms with van der Waals surface area (Å²) in [4.78, 5) is 7.44. The van der Waals surface area contributed by atoms with Gasteiger partial charge in [-0.05, 0) is 29.5 Å². The van der Waals surface area contributed by atoms with Crippen LogP contribution < -0.4 is 10.0 Å². The first-order chi connectivity index (χ1) is 13.4. The maximum atomic E-state index is 12.2. The summed E-state index contributed by atoms with van der Waals surface area (Å²) in [5.74, 6) is 0.641. The van der Waals surface area contributed by atoms with Gasteiger partial charge in [0.1, 0.15) is 0 Å². The number of guanidine groups is 1. The van der Waals surface area contributed by atoms with Crippen molar-refractivity contribution < 1.29 is 8.42 Å². The second kappa shape index (κ2) is 13.1. The topological polar surface area (TPSA) is 73.8 Å². The van der Waals surface area contributed by atoms with Crippen molar-refractivity contribution >= 4 is 51.7 Å². The number of hydrogen-bond acceptors (Lipinski definition) is 4. The fraction of sp³-hybridized carbons (Fsp3) is 0.350. The standard InChI is InChI=1S/C20H28N4O2S2.HI/c1-21-20(24(2)16-18-9-11-19(27-3)12-10-18)22-13-14-28(25,26)23-15-17-7-5-4-6-8-17;/h4-12,23H,13-16H2,1-3H3,(H,21,22);1H. The smallest absolute Gasteiger partial charge is 0.213 e. The first-order valence-electron chi connectivity index (χ1n) is 8.99. The number of aliphatic imine (C=N–C) groups is 1. The van der Waals surface area contributed by atoms with Crippen LogP contribution in [0.5, 0.6) is 0 Å². The third kappa shape index (κ3) is 9.37. The fourth-order valence-electron chi connectivity index (χ4n) is 2.62. The summed E-state index contributed by atoms with van der Waals surface area (Å²) < 4.78 is 27.0. The van der Waals surface area contributed by atoms with Crippen molar-refractivity contribution in [2.45, 2.75) is 18.0 Å². The lowest BCUT2D eigenvalue weighted by molar-refractivity contribution is 0.478. The number of benzene rings is 2. The number of thioether (sulfide) groups is 1. The van der Waals surface area contributed by atoms with Gasteiger partial charge in [-0.3, -0.25) is 4.99 Å². The molecule has 2 N–H and O–H groups in total. The van der Waals surface area contributed by atoms with Gasteiger partial charge in [-0.15, -0.1) is 35.7 Å². The molecule has 9 heteroatoms. The van der Waals surface area contributed by atoms with E-state index in [-0.39, 0.29) is 36.3 Å². The van der Waals surface area contributed by atoms with Crippen LogP contribution in [0.1, 0.15) is 11.1 Å². The maximum Gasteiger partial charge on any atom is 0.213 e. The molecule has 0 amide bonds. The van der Waals surface area contributed by atoms with E-state index in [1.807, 2.05) is 42.3 Å². The molecule has 2 rings (SSSR count). The van der Waals surface area contributed by atoms with Crippen LogP contribution in [0.3, 0.4) is 0 Å². The summed E-state index contributed by atoms with van der Waals surface area (Å²) in [7, 11) is 0.259. The first-order valence-corrected chi connectivity index (χ1v) is 11.9. The number of nitrogens with one attached hydrogen (secondary N) is 2. The zero-order valence-electron chi connectivity index (χ0n) is 17.0. The second-order valence-electron chi connectivity index (χ2n) is 6.30. The van der Waals surface area contributed by atoms with E-state index in [1.165, 1.54) is 10.5 Å². The molecule has 0 unspecified atom stereocenters. The highest BCUT2D eigenvalue weighted by Crippen LogP contribution is 2.15. The van der Waals surface area contributed by atoms with Gasteiger partial charge in [0.25, 0.3) is 0 Å². The highest BCUT2D eigenvalue weighted by Gasteiger charge is 2.12. The molecular weight excluding hydrogens is 519 g/mol. The molecule has 0 heterocycles. The Balaban J connectivity index is 0.00000420. The van der Waals surface area contributed by atoms with Crippen LogP contribution in [-0.4, -0.2) is 51.9 Å². The molecule has 2 aromatic carbocycles. The predicted molar refractivity (Wildman–Crippen MR) is 134 cm³/mol. The predicted octanol–water partition coefficient (Wildman–Crippen LogP) is 3.15. The van der Waals surface area contributed by atoms with E-state index in [0.29, 0.717) is 19.0 Å². The summed E-state index contributed by atoms with van der Waals surface area (Å²) in [6, 6.07) is 17.8. The van der Waals surface area contributed by atoms with Gasteiger partial charge < -0.3 is 10.2 Å². The normalized spacial score (nSPS) is 11.6. The number of rotatable bonds is 9. The minimum absolute atomic E-state index is 0.